The van der Waals surface area contributed by atoms with Crippen LogP contribution in [0.3, 0.4) is 0 Å². The third-order valence-electron chi connectivity index (χ3n) is 2.72. The molecule has 0 saturated heterocycles. The third-order valence-corrected chi connectivity index (χ3v) is 2.72. The molecule has 0 saturated carbocycles. The smallest absolute Gasteiger partial charge is 0.244 e. The molecule has 0 aliphatic heterocycles. The van der Waals surface area contributed by atoms with E-state index in [1.807, 2.05) is 44.2 Å². The molecule has 0 fully saturated rings. The number of nitrogens with one attached hydrogen (secondary N) is 1. The number of hydrogen-bond donors (Lipinski definition) is 1. The first-order chi connectivity index (χ1) is 8.63. The molecule has 1 N–H and O–H groups in total. The van der Waals surface area contributed by atoms with Gasteiger partial charge in [0.05, 0.1) is 6.61 Å². The second-order valence-electron chi connectivity index (χ2n) is 4.55. The van der Waals surface area contributed by atoms with Gasteiger partial charge >= 0.3 is 0 Å². The summed E-state index contributed by atoms with van der Waals surface area (Å²) >= 11 is 0. The van der Waals surface area contributed by atoms with Crippen molar-refractivity contribution in [2.75, 3.05) is 0 Å². The summed E-state index contributed by atoms with van der Waals surface area (Å²) in [6, 6.07) is 9.55. The quantitative estimate of drug-likeness (QED) is 0.594. The molecular weight excluding hydrogens is 230 g/mol. The molecule has 1 atom stereocenters. The largest absolute Gasteiger partial charge is 0.303 e. The first-order valence-corrected chi connectivity index (χ1v) is 6.03. The number of amides is 1. The van der Waals surface area contributed by atoms with Gasteiger partial charge in [-0.15, -0.1) is 0 Å². The van der Waals surface area contributed by atoms with Crippen LogP contribution in [0.2, 0.25) is 0 Å². The lowest BCUT2D eigenvalue weighted by atomic mass is 9.94. The highest BCUT2D eigenvalue weighted by Crippen LogP contribution is 2.12. The molecule has 0 bridgehead atoms. The lowest BCUT2D eigenvalue weighted by Crippen LogP contribution is -2.27. The molecule has 0 aliphatic rings. The summed E-state index contributed by atoms with van der Waals surface area (Å²) in [7, 11) is 0. The number of rotatable bonds is 7. The fraction of sp³-hybridized carbons (Fsp3) is 0.429. The fourth-order valence-corrected chi connectivity index (χ4v) is 1.47. The lowest BCUT2D eigenvalue weighted by molar-refractivity contribution is -0.137. The van der Waals surface area contributed by atoms with Crippen LogP contribution in [0.1, 0.15) is 25.8 Å². The summed E-state index contributed by atoms with van der Waals surface area (Å²) in [5.74, 6) is -0.371. The minimum absolute atomic E-state index is 0.155. The minimum atomic E-state index is -0.267. The molecule has 1 aromatic rings. The zero-order chi connectivity index (χ0) is 13.4. The highest BCUT2D eigenvalue weighted by atomic mass is 16.6. The van der Waals surface area contributed by atoms with E-state index in [-0.39, 0.29) is 24.2 Å². The van der Waals surface area contributed by atoms with Gasteiger partial charge in [-0.3, -0.25) is 9.63 Å². The van der Waals surface area contributed by atoms with Crippen LogP contribution >= 0.6 is 0 Å². The van der Waals surface area contributed by atoms with E-state index in [9.17, 15) is 9.59 Å². The van der Waals surface area contributed by atoms with Crippen LogP contribution in [0.5, 0.6) is 0 Å². The van der Waals surface area contributed by atoms with Crippen molar-refractivity contribution in [3.05, 3.63) is 35.9 Å². The average molecular weight is 249 g/mol. The first kappa shape index (κ1) is 14.4. The highest BCUT2D eigenvalue weighted by Gasteiger charge is 2.16. The van der Waals surface area contributed by atoms with Crippen molar-refractivity contribution < 1.29 is 14.4 Å². The van der Waals surface area contributed by atoms with Crippen molar-refractivity contribution in [2.45, 2.75) is 26.9 Å². The van der Waals surface area contributed by atoms with Crippen molar-refractivity contribution in [1.82, 2.24) is 5.48 Å². The van der Waals surface area contributed by atoms with E-state index >= 15 is 0 Å². The fourth-order valence-electron chi connectivity index (χ4n) is 1.47. The highest BCUT2D eigenvalue weighted by molar-refractivity contribution is 5.78. The van der Waals surface area contributed by atoms with E-state index < -0.39 is 0 Å². The van der Waals surface area contributed by atoms with Crippen LogP contribution in [0.4, 0.5) is 0 Å². The van der Waals surface area contributed by atoms with Crippen LogP contribution < -0.4 is 5.48 Å². The first-order valence-electron chi connectivity index (χ1n) is 6.03. The summed E-state index contributed by atoms with van der Waals surface area (Å²) in [4.78, 5) is 27.4. The molecule has 0 aromatic heterocycles. The Balaban J connectivity index is 2.27. The summed E-state index contributed by atoms with van der Waals surface area (Å²) in [6.07, 6.45) is 0.984. The Morgan fingerprint density at radius 3 is 2.56 bits per heavy atom. The Kier molecular flexibility index (Phi) is 6.08. The molecule has 0 heterocycles. The molecule has 4 heteroatoms. The van der Waals surface area contributed by atoms with Crippen molar-refractivity contribution >= 4 is 12.2 Å². The van der Waals surface area contributed by atoms with Crippen LogP contribution in [-0.2, 0) is 21.0 Å². The average Bonchev–Trinajstić information content (AvgIpc) is 2.37. The van der Waals surface area contributed by atoms with Gasteiger partial charge in [0.15, 0.2) is 0 Å². The second-order valence-corrected chi connectivity index (χ2v) is 4.55. The Morgan fingerprint density at radius 2 is 2.00 bits per heavy atom. The van der Waals surface area contributed by atoms with E-state index in [1.165, 1.54) is 0 Å². The minimum Gasteiger partial charge on any atom is -0.303 e. The number of carbonyl (C=O) groups excluding carboxylic acids is 2. The number of aldehydes is 1. The lowest BCUT2D eigenvalue weighted by Gasteiger charge is -2.13. The van der Waals surface area contributed by atoms with Gasteiger partial charge in [-0.2, -0.15) is 0 Å². The number of hydrogen-bond acceptors (Lipinski definition) is 3. The Bertz CT molecular complexity index is 376. The van der Waals surface area contributed by atoms with Crippen molar-refractivity contribution in [3.8, 4) is 0 Å². The van der Waals surface area contributed by atoms with E-state index in [4.69, 9.17) is 4.84 Å². The standard InChI is InChI=1S/C14H19NO3/c1-11(2)13(9-16)8-14(17)15-18-10-12-6-4-3-5-7-12/h3-7,9,11,13H,8,10H2,1-2H3,(H,15,17). The molecule has 0 aliphatic carbocycles. The topological polar surface area (TPSA) is 55.4 Å². The maximum absolute atomic E-state index is 11.5. The summed E-state index contributed by atoms with van der Waals surface area (Å²) in [5, 5.41) is 0. The van der Waals surface area contributed by atoms with Gasteiger partial charge in [-0.25, -0.2) is 5.48 Å². The molecule has 1 amide bonds. The van der Waals surface area contributed by atoms with Gasteiger partial charge in [-0.1, -0.05) is 44.2 Å². The van der Waals surface area contributed by atoms with Crippen LogP contribution in [-0.4, -0.2) is 12.2 Å². The zero-order valence-electron chi connectivity index (χ0n) is 10.8. The Labute approximate surface area is 107 Å². The van der Waals surface area contributed by atoms with Crippen LogP contribution in [0.15, 0.2) is 30.3 Å². The summed E-state index contributed by atoms with van der Waals surface area (Å²) < 4.78 is 0. The molecule has 0 radical (unpaired) electrons. The van der Waals surface area contributed by atoms with Crippen molar-refractivity contribution in [1.29, 1.82) is 0 Å². The number of carbonyl (C=O) groups is 2. The van der Waals surface area contributed by atoms with Gasteiger partial charge in [0.1, 0.15) is 6.29 Å². The molecule has 4 nitrogen and oxygen atoms in total. The van der Waals surface area contributed by atoms with Gasteiger partial charge in [0.25, 0.3) is 0 Å². The van der Waals surface area contributed by atoms with E-state index in [1.54, 1.807) is 0 Å². The summed E-state index contributed by atoms with van der Waals surface area (Å²) in [6.45, 7) is 4.15. The molecule has 1 rings (SSSR count). The molecule has 0 spiro atoms. The zero-order valence-corrected chi connectivity index (χ0v) is 10.8. The third kappa shape index (κ3) is 5.10. The summed E-state index contributed by atoms with van der Waals surface area (Å²) in [5.41, 5.74) is 3.33. The van der Waals surface area contributed by atoms with Gasteiger partial charge in [0.2, 0.25) is 5.91 Å². The SMILES string of the molecule is CC(C)C(C=O)CC(=O)NOCc1ccccc1. The van der Waals surface area contributed by atoms with Gasteiger partial charge in [-0.05, 0) is 11.5 Å². The maximum Gasteiger partial charge on any atom is 0.244 e. The predicted molar refractivity (Wildman–Crippen MR) is 68.4 cm³/mol. The molecule has 1 unspecified atom stereocenters. The maximum atomic E-state index is 11.5. The molecule has 1 aromatic carbocycles. The van der Waals surface area contributed by atoms with Gasteiger partial charge in [0, 0.05) is 12.3 Å². The molecule has 18 heavy (non-hydrogen) atoms. The van der Waals surface area contributed by atoms with E-state index in [2.05, 4.69) is 5.48 Å². The molecular formula is C14H19NO3. The van der Waals surface area contributed by atoms with Crippen LogP contribution in [0.25, 0.3) is 0 Å². The second kappa shape index (κ2) is 7.61. The number of benzene rings is 1. The number of hydroxylamine groups is 1. The molecule has 98 valence electrons. The van der Waals surface area contributed by atoms with Gasteiger partial charge < -0.3 is 4.79 Å². The Hall–Kier alpha value is -1.68. The van der Waals surface area contributed by atoms with E-state index in [0.29, 0.717) is 6.61 Å². The normalized spacial score (nSPS) is 12.2. The van der Waals surface area contributed by atoms with E-state index in [0.717, 1.165) is 11.8 Å². The Morgan fingerprint density at radius 1 is 1.33 bits per heavy atom. The predicted octanol–water partition coefficient (Wildman–Crippen LogP) is 2.10. The van der Waals surface area contributed by atoms with Crippen molar-refractivity contribution in [3.63, 3.8) is 0 Å². The van der Waals surface area contributed by atoms with Crippen LogP contribution in [0, 0.1) is 11.8 Å². The van der Waals surface area contributed by atoms with Crippen molar-refractivity contribution in [2.24, 2.45) is 11.8 Å². The monoisotopic (exact) mass is 249 g/mol.